The molecule has 0 saturated carbocycles. The molecule has 1 aliphatic rings. The van der Waals surface area contributed by atoms with Gasteiger partial charge in [-0.25, -0.2) is 0 Å². The normalized spacial score (nSPS) is 19.2. The molecule has 2 aromatic heterocycles. The second-order valence-electron chi connectivity index (χ2n) is 5.01. The van der Waals surface area contributed by atoms with Crippen molar-refractivity contribution in [2.24, 2.45) is 0 Å². The Kier molecular flexibility index (Phi) is 4.33. The van der Waals surface area contributed by atoms with Gasteiger partial charge in [0.1, 0.15) is 0 Å². The van der Waals surface area contributed by atoms with Crippen LogP contribution < -0.4 is 5.32 Å². The largest absolute Gasteiger partial charge is 0.315 e. The molecule has 0 amide bonds. The smallest absolute Gasteiger partial charge is 0.0790 e. The maximum atomic E-state index is 3.50. The third kappa shape index (κ3) is 3.08. The molecule has 1 unspecified atom stereocenters. The summed E-state index contributed by atoms with van der Waals surface area (Å²) in [4.78, 5) is 7.01. The van der Waals surface area contributed by atoms with E-state index in [1.54, 1.807) is 0 Å². The van der Waals surface area contributed by atoms with E-state index >= 15 is 0 Å². The van der Waals surface area contributed by atoms with Crippen LogP contribution in [0.4, 0.5) is 0 Å². The van der Waals surface area contributed by atoms with Crippen LogP contribution in [0.1, 0.15) is 27.1 Å². The van der Waals surface area contributed by atoms with Gasteiger partial charge in [-0.1, -0.05) is 6.07 Å². The molecule has 0 aliphatic carbocycles. The molecular formula is C15H20N2S2. The molecule has 0 radical (unpaired) electrons. The Morgan fingerprint density at radius 2 is 2.11 bits per heavy atom. The molecule has 0 spiro atoms. The van der Waals surface area contributed by atoms with Gasteiger partial charge in [-0.05, 0) is 43.5 Å². The van der Waals surface area contributed by atoms with E-state index in [4.69, 9.17) is 0 Å². The molecule has 0 bridgehead atoms. The summed E-state index contributed by atoms with van der Waals surface area (Å²) in [5.74, 6) is 0. The van der Waals surface area contributed by atoms with Crippen molar-refractivity contribution in [2.45, 2.75) is 19.4 Å². The fourth-order valence-corrected chi connectivity index (χ4v) is 4.65. The number of nitrogens with one attached hydrogen (secondary N) is 1. The van der Waals surface area contributed by atoms with Crippen molar-refractivity contribution in [3.63, 3.8) is 0 Å². The highest BCUT2D eigenvalue weighted by Crippen LogP contribution is 2.35. The molecule has 1 N–H and O–H groups in total. The Bertz CT molecular complexity index is 496. The van der Waals surface area contributed by atoms with Gasteiger partial charge in [0.15, 0.2) is 0 Å². The molecule has 1 saturated heterocycles. The Balaban J connectivity index is 1.91. The zero-order valence-electron chi connectivity index (χ0n) is 11.3. The monoisotopic (exact) mass is 292 g/mol. The summed E-state index contributed by atoms with van der Waals surface area (Å²) in [6.07, 6.45) is 1.24. The quantitative estimate of drug-likeness (QED) is 0.931. The Labute approximate surface area is 123 Å². The van der Waals surface area contributed by atoms with Gasteiger partial charge in [0, 0.05) is 34.3 Å². The lowest BCUT2D eigenvalue weighted by Crippen LogP contribution is -2.32. The van der Waals surface area contributed by atoms with E-state index in [0.29, 0.717) is 6.04 Å². The van der Waals surface area contributed by atoms with Crippen molar-refractivity contribution in [1.29, 1.82) is 0 Å². The van der Waals surface area contributed by atoms with Crippen molar-refractivity contribution in [3.8, 4) is 0 Å². The van der Waals surface area contributed by atoms with E-state index in [1.807, 2.05) is 22.7 Å². The zero-order valence-corrected chi connectivity index (χ0v) is 12.9. The van der Waals surface area contributed by atoms with Crippen LogP contribution in [0, 0.1) is 6.92 Å². The highest BCUT2D eigenvalue weighted by molar-refractivity contribution is 7.12. The second-order valence-corrected chi connectivity index (χ2v) is 7.30. The molecule has 1 aliphatic heterocycles. The Morgan fingerprint density at radius 3 is 2.84 bits per heavy atom. The highest BCUT2D eigenvalue weighted by atomic mass is 32.1. The summed E-state index contributed by atoms with van der Waals surface area (Å²) >= 11 is 3.82. The Hall–Kier alpha value is -0.680. The molecular weight excluding hydrogens is 272 g/mol. The van der Waals surface area contributed by atoms with Gasteiger partial charge in [-0.2, -0.15) is 0 Å². The molecule has 0 aromatic carbocycles. The van der Waals surface area contributed by atoms with Crippen LogP contribution in [-0.4, -0.2) is 31.1 Å². The van der Waals surface area contributed by atoms with Crippen LogP contribution in [0.3, 0.4) is 0 Å². The van der Waals surface area contributed by atoms with E-state index in [9.17, 15) is 0 Å². The number of hydrogen-bond donors (Lipinski definition) is 1. The average molecular weight is 292 g/mol. The van der Waals surface area contributed by atoms with Crippen molar-refractivity contribution >= 4 is 22.7 Å². The predicted octanol–water partition coefficient (Wildman–Crippen LogP) is 3.50. The summed E-state index contributed by atoms with van der Waals surface area (Å²) in [5, 5.41) is 5.69. The Morgan fingerprint density at radius 1 is 1.16 bits per heavy atom. The number of thiophene rings is 2. The SMILES string of the molecule is Cc1ccc(C(c2cccs2)N2CCCNCC2)s1. The van der Waals surface area contributed by atoms with Crippen LogP contribution in [0.25, 0.3) is 0 Å². The number of hydrogen-bond acceptors (Lipinski definition) is 4. The first kappa shape index (κ1) is 13.3. The van der Waals surface area contributed by atoms with Crippen molar-refractivity contribution in [3.05, 3.63) is 44.3 Å². The fourth-order valence-electron chi connectivity index (χ4n) is 2.67. The van der Waals surface area contributed by atoms with Gasteiger partial charge in [0.25, 0.3) is 0 Å². The average Bonchev–Trinajstić information content (AvgIpc) is 2.98. The summed E-state index contributed by atoms with van der Waals surface area (Å²) in [7, 11) is 0. The molecule has 2 aromatic rings. The van der Waals surface area contributed by atoms with Gasteiger partial charge in [-0.15, -0.1) is 22.7 Å². The van der Waals surface area contributed by atoms with E-state index in [1.165, 1.54) is 27.6 Å². The molecule has 3 heterocycles. The maximum absolute atomic E-state index is 3.50. The molecule has 1 fully saturated rings. The van der Waals surface area contributed by atoms with Crippen molar-refractivity contribution < 1.29 is 0 Å². The summed E-state index contributed by atoms with van der Waals surface area (Å²) < 4.78 is 0. The molecule has 102 valence electrons. The number of aryl methyl sites for hydroxylation is 1. The summed E-state index contributed by atoms with van der Waals surface area (Å²) in [5.41, 5.74) is 0. The predicted molar refractivity (Wildman–Crippen MR) is 84.3 cm³/mol. The third-order valence-corrected chi connectivity index (χ3v) is 5.56. The van der Waals surface area contributed by atoms with Gasteiger partial charge in [-0.3, -0.25) is 4.90 Å². The zero-order chi connectivity index (χ0) is 13.1. The minimum atomic E-state index is 0.457. The topological polar surface area (TPSA) is 15.3 Å². The lowest BCUT2D eigenvalue weighted by atomic mass is 10.1. The maximum Gasteiger partial charge on any atom is 0.0790 e. The van der Waals surface area contributed by atoms with Crippen LogP contribution in [0.15, 0.2) is 29.6 Å². The number of rotatable bonds is 3. The van der Waals surface area contributed by atoms with Crippen LogP contribution in [-0.2, 0) is 0 Å². The fraction of sp³-hybridized carbons (Fsp3) is 0.467. The van der Waals surface area contributed by atoms with Gasteiger partial charge in [0.2, 0.25) is 0 Å². The van der Waals surface area contributed by atoms with Crippen molar-refractivity contribution in [2.75, 3.05) is 26.2 Å². The summed E-state index contributed by atoms with van der Waals surface area (Å²) in [6, 6.07) is 9.46. The minimum absolute atomic E-state index is 0.457. The first-order chi connectivity index (χ1) is 9.34. The number of nitrogens with zero attached hydrogens (tertiary/aromatic N) is 1. The van der Waals surface area contributed by atoms with Crippen LogP contribution in [0.2, 0.25) is 0 Å². The van der Waals surface area contributed by atoms with E-state index in [-0.39, 0.29) is 0 Å². The van der Waals surface area contributed by atoms with E-state index in [0.717, 1.165) is 19.6 Å². The standard InChI is InChI=1S/C15H20N2S2/c1-12-5-6-14(19-12)15(13-4-2-11-18-13)17-9-3-7-16-8-10-17/h2,4-6,11,15-16H,3,7-10H2,1H3. The van der Waals surface area contributed by atoms with Crippen LogP contribution in [0.5, 0.6) is 0 Å². The van der Waals surface area contributed by atoms with Gasteiger partial charge >= 0.3 is 0 Å². The van der Waals surface area contributed by atoms with Gasteiger partial charge < -0.3 is 5.32 Å². The van der Waals surface area contributed by atoms with E-state index < -0.39 is 0 Å². The molecule has 4 heteroatoms. The highest BCUT2D eigenvalue weighted by Gasteiger charge is 2.25. The third-order valence-electron chi connectivity index (χ3n) is 3.58. The summed E-state index contributed by atoms with van der Waals surface area (Å²) in [6.45, 7) is 6.78. The van der Waals surface area contributed by atoms with Gasteiger partial charge in [0.05, 0.1) is 6.04 Å². The van der Waals surface area contributed by atoms with E-state index in [2.05, 4.69) is 46.8 Å². The second kappa shape index (κ2) is 6.18. The lowest BCUT2D eigenvalue weighted by molar-refractivity contribution is 0.247. The van der Waals surface area contributed by atoms with Crippen molar-refractivity contribution in [1.82, 2.24) is 10.2 Å². The molecule has 2 nitrogen and oxygen atoms in total. The first-order valence-electron chi connectivity index (χ1n) is 6.89. The molecule has 3 rings (SSSR count). The first-order valence-corrected chi connectivity index (χ1v) is 8.59. The minimum Gasteiger partial charge on any atom is -0.315 e. The van der Waals surface area contributed by atoms with Crippen LogP contribution >= 0.6 is 22.7 Å². The lowest BCUT2D eigenvalue weighted by Gasteiger charge is -2.29. The molecule has 1 atom stereocenters. The molecule has 19 heavy (non-hydrogen) atoms.